The van der Waals surface area contributed by atoms with Crippen LogP contribution in [0.15, 0.2) is 24.3 Å². The molecular formula is C19H27N3O3. The third-order valence-electron chi connectivity index (χ3n) is 4.96. The summed E-state index contributed by atoms with van der Waals surface area (Å²) in [7, 11) is 0. The molecule has 1 atom stereocenters. The Morgan fingerprint density at radius 1 is 1.20 bits per heavy atom. The van der Waals surface area contributed by atoms with Gasteiger partial charge in [0, 0.05) is 45.7 Å². The van der Waals surface area contributed by atoms with Crippen LogP contribution in [0.1, 0.15) is 17.5 Å². The maximum absolute atomic E-state index is 12.4. The quantitative estimate of drug-likeness (QED) is 0.828. The highest BCUT2D eigenvalue weighted by Crippen LogP contribution is 2.18. The second-order valence-corrected chi connectivity index (χ2v) is 6.90. The highest BCUT2D eigenvalue weighted by atomic mass is 16.5. The summed E-state index contributed by atoms with van der Waals surface area (Å²) in [5.41, 5.74) is 2.28. The van der Waals surface area contributed by atoms with Crippen LogP contribution in [0.4, 0.5) is 0 Å². The van der Waals surface area contributed by atoms with Gasteiger partial charge in [0.1, 0.15) is 0 Å². The van der Waals surface area contributed by atoms with Crippen LogP contribution in [-0.2, 0) is 20.9 Å². The molecule has 1 aromatic rings. The number of amides is 2. The van der Waals surface area contributed by atoms with Crippen molar-refractivity contribution in [1.82, 2.24) is 15.1 Å². The van der Waals surface area contributed by atoms with E-state index in [1.165, 1.54) is 5.56 Å². The predicted molar refractivity (Wildman–Crippen MR) is 95.0 cm³/mol. The SMILES string of the molecule is Cc1ccc(CNC(=O)[C@@H]2CC(=O)N(CCN3CCOCC3)C2)cc1. The van der Waals surface area contributed by atoms with Crippen LogP contribution in [0.3, 0.4) is 0 Å². The average molecular weight is 345 g/mol. The molecule has 0 radical (unpaired) electrons. The maximum atomic E-state index is 12.4. The topological polar surface area (TPSA) is 61.9 Å². The molecule has 6 heteroatoms. The first-order valence-corrected chi connectivity index (χ1v) is 9.03. The summed E-state index contributed by atoms with van der Waals surface area (Å²) < 4.78 is 5.34. The van der Waals surface area contributed by atoms with Gasteiger partial charge in [-0.05, 0) is 12.5 Å². The molecule has 2 amide bonds. The molecule has 1 N–H and O–H groups in total. The molecule has 6 nitrogen and oxygen atoms in total. The Hall–Kier alpha value is -1.92. The molecule has 1 aromatic carbocycles. The number of nitrogens with zero attached hydrogens (tertiary/aromatic N) is 2. The minimum atomic E-state index is -0.234. The van der Waals surface area contributed by atoms with Crippen LogP contribution >= 0.6 is 0 Å². The molecule has 2 heterocycles. The lowest BCUT2D eigenvalue weighted by Gasteiger charge is -2.28. The molecule has 2 aliphatic rings. The number of ether oxygens (including phenoxy) is 1. The number of hydrogen-bond donors (Lipinski definition) is 1. The summed E-state index contributed by atoms with van der Waals surface area (Å²) in [5.74, 6) is -0.172. The summed E-state index contributed by atoms with van der Waals surface area (Å²) >= 11 is 0. The van der Waals surface area contributed by atoms with Crippen LogP contribution in [0.2, 0.25) is 0 Å². The summed E-state index contributed by atoms with van der Waals surface area (Å²) in [5, 5.41) is 2.96. The Balaban J connectivity index is 1.42. The van der Waals surface area contributed by atoms with Gasteiger partial charge in [-0.15, -0.1) is 0 Å². The fourth-order valence-electron chi connectivity index (χ4n) is 3.29. The van der Waals surface area contributed by atoms with E-state index in [0.717, 1.165) is 38.4 Å². The zero-order valence-electron chi connectivity index (χ0n) is 14.9. The zero-order chi connectivity index (χ0) is 17.6. The molecule has 2 saturated heterocycles. The van der Waals surface area contributed by atoms with Crippen molar-refractivity contribution < 1.29 is 14.3 Å². The molecule has 25 heavy (non-hydrogen) atoms. The van der Waals surface area contributed by atoms with E-state index in [1.807, 2.05) is 36.1 Å². The number of hydrogen-bond acceptors (Lipinski definition) is 4. The smallest absolute Gasteiger partial charge is 0.225 e. The van der Waals surface area contributed by atoms with Gasteiger partial charge in [-0.25, -0.2) is 0 Å². The van der Waals surface area contributed by atoms with Crippen molar-refractivity contribution in [3.63, 3.8) is 0 Å². The van der Waals surface area contributed by atoms with E-state index in [4.69, 9.17) is 4.74 Å². The Morgan fingerprint density at radius 3 is 2.64 bits per heavy atom. The lowest BCUT2D eigenvalue weighted by molar-refractivity contribution is -0.129. The number of aryl methyl sites for hydroxylation is 1. The van der Waals surface area contributed by atoms with Gasteiger partial charge >= 0.3 is 0 Å². The largest absolute Gasteiger partial charge is 0.379 e. The highest BCUT2D eigenvalue weighted by Gasteiger charge is 2.34. The standard InChI is InChI=1S/C19H27N3O3/c1-15-2-4-16(5-3-15)13-20-19(24)17-12-18(23)22(14-17)7-6-21-8-10-25-11-9-21/h2-5,17H,6-14H2,1H3,(H,20,24)/t17-/m1/s1. The van der Waals surface area contributed by atoms with Gasteiger partial charge in [0.25, 0.3) is 0 Å². The van der Waals surface area contributed by atoms with E-state index < -0.39 is 0 Å². The Kier molecular flexibility index (Phi) is 6.04. The lowest BCUT2D eigenvalue weighted by atomic mass is 10.1. The highest BCUT2D eigenvalue weighted by molar-refractivity contribution is 5.89. The van der Waals surface area contributed by atoms with Gasteiger partial charge in [-0.2, -0.15) is 0 Å². The van der Waals surface area contributed by atoms with E-state index in [9.17, 15) is 9.59 Å². The number of nitrogens with one attached hydrogen (secondary N) is 1. The van der Waals surface area contributed by atoms with Crippen molar-refractivity contribution in [3.8, 4) is 0 Å². The number of carbonyl (C=O) groups excluding carboxylic acids is 2. The normalized spacial score (nSPS) is 21.6. The van der Waals surface area contributed by atoms with Gasteiger partial charge < -0.3 is 15.0 Å². The van der Waals surface area contributed by atoms with Gasteiger partial charge in [-0.3, -0.25) is 14.5 Å². The number of carbonyl (C=O) groups is 2. The van der Waals surface area contributed by atoms with E-state index >= 15 is 0 Å². The van der Waals surface area contributed by atoms with Crippen LogP contribution in [0.5, 0.6) is 0 Å². The number of benzene rings is 1. The molecule has 0 saturated carbocycles. The Labute approximate surface area is 149 Å². The summed E-state index contributed by atoms with van der Waals surface area (Å²) in [4.78, 5) is 28.7. The summed E-state index contributed by atoms with van der Waals surface area (Å²) in [6.07, 6.45) is 0.322. The second kappa shape index (κ2) is 8.45. The van der Waals surface area contributed by atoms with E-state index in [2.05, 4.69) is 10.2 Å². The monoisotopic (exact) mass is 345 g/mol. The third kappa shape index (κ3) is 5.03. The molecular weight excluding hydrogens is 318 g/mol. The fraction of sp³-hybridized carbons (Fsp3) is 0.579. The average Bonchev–Trinajstić information content (AvgIpc) is 3.01. The van der Waals surface area contributed by atoms with Crippen LogP contribution in [0.25, 0.3) is 0 Å². The first kappa shape index (κ1) is 17.9. The molecule has 2 aliphatic heterocycles. The van der Waals surface area contributed by atoms with Crippen molar-refractivity contribution in [1.29, 1.82) is 0 Å². The van der Waals surface area contributed by atoms with Crippen molar-refractivity contribution in [3.05, 3.63) is 35.4 Å². The van der Waals surface area contributed by atoms with E-state index in [1.54, 1.807) is 0 Å². The zero-order valence-corrected chi connectivity index (χ0v) is 14.9. The van der Waals surface area contributed by atoms with E-state index in [0.29, 0.717) is 26.1 Å². The van der Waals surface area contributed by atoms with Gasteiger partial charge in [0.15, 0.2) is 0 Å². The van der Waals surface area contributed by atoms with Crippen molar-refractivity contribution in [2.75, 3.05) is 45.9 Å². The third-order valence-corrected chi connectivity index (χ3v) is 4.96. The van der Waals surface area contributed by atoms with Crippen LogP contribution in [-0.4, -0.2) is 67.6 Å². The minimum absolute atomic E-state index is 0.0252. The van der Waals surface area contributed by atoms with E-state index in [-0.39, 0.29) is 17.7 Å². The number of morpholine rings is 1. The second-order valence-electron chi connectivity index (χ2n) is 6.90. The summed E-state index contributed by atoms with van der Waals surface area (Å²) in [6, 6.07) is 8.11. The molecule has 0 aromatic heterocycles. The molecule has 0 aliphatic carbocycles. The number of rotatable bonds is 6. The fourth-order valence-corrected chi connectivity index (χ4v) is 3.29. The van der Waals surface area contributed by atoms with Crippen LogP contribution in [0, 0.1) is 12.8 Å². The van der Waals surface area contributed by atoms with Crippen molar-refractivity contribution in [2.45, 2.75) is 19.9 Å². The first-order valence-electron chi connectivity index (χ1n) is 9.03. The lowest BCUT2D eigenvalue weighted by Crippen LogP contribution is -2.42. The van der Waals surface area contributed by atoms with Gasteiger partial charge in [-0.1, -0.05) is 29.8 Å². The van der Waals surface area contributed by atoms with Crippen molar-refractivity contribution >= 4 is 11.8 Å². The van der Waals surface area contributed by atoms with Crippen molar-refractivity contribution in [2.24, 2.45) is 5.92 Å². The maximum Gasteiger partial charge on any atom is 0.225 e. The number of likely N-dealkylation sites (tertiary alicyclic amines) is 1. The molecule has 0 spiro atoms. The first-order chi connectivity index (χ1) is 12.1. The minimum Gasteiger partial charge on any atom is -0.379 e. The predicted octanol–water partition coefficient (Wildman–Crippen LogP) is 0.792. The molecule has 136 valence electrons. The molecule has 0 bridgehead atoms. The molecule has 2 fully saturated rings. The molecule has 0 unspecified atom stereocenters. The Bertz CT molecular complexity index is 596. The van der Waals surface area contributed by atoms with Gasteiger partial charge in [0.05, 0.1) is 19.1 Å². The van der Waals surface area contributed by atoms with Gasteiger partial charge in [0.2, 0.25) is 11.8 Å². The molecule has 3 rings (SSSR count). The Morgan fingerprint density at radius 2 is 1.92 bits per heavy atom. The van der Waals surface area contributed by atoms with Crippen LogP contribution < -0.4 is 5.32 Å². The summed E-state index contributed by atoms with van der Waals surface area (Å²) in [6.45, 7) is 7.99.